The summed E-state index contributed by atoms with van der Waals surface area (Å²) >= 11 is 0. The average molecular weight is 548 g/mol. The molecule has 3 aromatic rings. The van der Waals surface area contributed by atoms with Gasteiger partial charge in [0.1, 0.15) is 12.4 Å². The lowest BCUT2D eigenvalue weighted by molar-refractivity contribution is -0.120. The second kappa shape index (κ2) is 10.6. The molecule has 0 radical (unpaired) electrons. The van der Waals surface area contributed by atoms with Crippen LogP contribution < -0.4 is 10.2 Å². The van der Waals surface area contributed by atoms with Gasteiger partial charge in [0, 0.05) is 58.9 Å². The maximum atomic E-state index is 12.7. The van der Waals surface area contributed by atoms with Crippen molar-refractivity contribution in [3.63, 3.8) is 0 Å². The largest absolute Gasteiger partial charge is 0.352 e. The van der Waals surface area contributed by atoms with E-state index in [0.717, 1.165) is 29.6 Å². The van der Waals surface area contributed by atoms with E-state index in [4.69, 9.17) is 0 Å². The fraction of sp³-hybridized carbons (Fsp3) is 0.364. The number of nitrogens with one attached hydrogen (secondary N) is 1. The summed E-state index contributed by atoms with van der Waals surface area (Å²) in [5.74, 6) is 1.77. The van der Waals surface area contributed by atoms with Gasteiger partial charge < -0.3 is 19.7 Å². The molecule has 0 saturated carbocycles. The third-order valence-corrected chi connectivity index (χ3v) is 5.45. The molecule has 0 spiro atoms. The van der Waals surface area contributed by atoms with Crippen LogP contribution in [0.2, 0.25) is 0 Å². The molecule has 170 valence electrons. The Kier molecular flexibility index (Phi) is 7.89. The molecule has 0 bridgehead atoms. The van der Waals surface area contributed by atoms with Gasteiger partial charge in [-0.25, -0.2) is 4.98 Å². The van der Waals surface area contributed by atoms with Crippen LogP contribution in [0.5, 0.6) is 0 Å². The molecule has 1 N–H and O–H groups in total. The lowest BCUT2D eigenvalue weighted by Gasteiger charge is -2.35. The van der Waals surface area contributed by atoms with E-state index in [0.29, 0.717) is 19.6 Å². The number of hydrogen-bond acceptors (Lipinski definition) is 4. The van der Waals surface area contributed by atoms with Crippen LogP contribution in [-0.2, 0) is 24.9 Å². The molecular formula is C22H29IN8O. The van der Waals surface area contributed by atoms with E-state index in [1.807, 2.05) is 37.5 Å². The minimum atomic E-state index is 0. The highest BCUT2D eigenvalue weighted by Crippen LogP contribution is 2.16. The summed E-state index contributed by atoms with van der Waals surface area (Å²) in [6.07, 6.45) is 7.39. The molecule has 2 aromatic heterocycles. The highest BCUT2D eigenvalue weighted by atomic mass is 127. The van der Waals surface area contributed by atoms with Gasteiger partial charge in [0.05, 0.1) is 11.9 Å². The molecular weight excluding hydrogens is 519 g/mol. The summed E-state index contributed by atoms with van der Waals surface area (Å²) in [6.45, 7) is 5.03. The van der Waals surface area contributed by atoms with Gasteiger partial charge in [-0.3, -0.25) is 14.5 Å². The van der Waals surface area contributed by atoms with Crippen molar-refractivity contribution in [3.05, 3.63) is 66.0 Å². The fourth-order valence-corrected chi connectivity index (χ4v) is 3.79. The molecule has 3 heterocycles. The predicted octanol–water partition coefficient (Wildman–Crippen LogP) is 2.02. The smallest absolute Gasteiger partial charge is 0.246 e. The first-order chi connectivity index (χ1) is 15.0. The van der Waals surface area contributed by atoms with Crippen molar-refractivity contribution in [2.24, 2.45) is 12.0 Å². The van der Waals surface area contributed by atoms with Gasteiger partial charge in [-0.2, -0.15) is 5.10 Å². The molecule has 1 saturated heterocycles. The van der Waals surface area contributed by atoms with Crippen LogP contribution in [0.25, 0.3) is 0 Å². The molecule has 10 heteroatoms. The zero-order valence-electron chi connectivity index (χ0n) is 18.6. The van der Waals surface area contributed by atoms with Gasteiger partial charge in [-0.15, -0.1) is 24.0 Å². The molecule has 32 heavy (non-hydrogen) atoms. The Labute approximate surface area is 205 Å². The number of piperazine rings is 1. The van der Waals surface area contributed by atoms with Crippen LogP contribution in [-0.4, -0.2) is 62.8 Å². The Hall–Kier alpha value is -2.89. The second-order valence-electron chi connectivity index (χ2n) is 7.66. The van der Waals surface area contributed by atoms with E-state index in [1.54, 1.807) is 22.8 Å². The zero-order chi connectivity index (χ0) is 21.8. The molecule has 1 aromatic carbocycles. The topological polar surface area (TPSA) is 83.6 Å². The van der Waals surface area contributed by atoms with Gasteiger partial charge in [0.25, 0.3) is 0 Å². The van der Waals surface area contributed by atoms with Crippen LogP contribution in [0, 0.1) is 6.92 Å². The van der Waals surface area contributed by atoms with Crippen LogP contribution in [0.1, 0.15) is 17.0 Å². The highest BCUT2D eigenvalue weighted by molar-refractivity contribution is 14.0. The summed E-state index contributed by atoms with van der Waals surface area (Å²) in [5.41, 5.74) is 3.22. The molecule has 0 unspecified atom stereocenters. The van der Waals surface area contributed by atoms with E-state index in [2.05, 4.69) is 49.2 Å². The second-order valence-corrected chi connectivity index (χ2v) is 7.66. The van der Waals surface area contributed by atoms with E-state index in [-0.39, 0.29) is 36.4 Å². The molecule has 9 nitrogen and oxygen atoms in total. The number of nitrogens with zero attached hydrogens (tertiary/aromatic N) is 7. The molecule has 1 amide bonds. The van der Waals surface area contributed by atoms with Gasteiger partial charge in [-0.1, -0.05) is 24.3 Å². The fourth-order valence-electron chi connectivity index (χ4n) is 3.79. The Morgan fingerprint density at radius 1 is 1.25 bits per heavy atom. The van der Waals surface area contributed by atoms with Crippen LogP contribution in [0.3, 0.4) is 0 Å². The summed E-state index contributed by atoms with van der Waals surface area (Å²) in [7, 11) is 3.60. The summed E-state index contributed by atoms with van der Waals surface area (Å²) in [6, 6.07) is 8.47. The zero-order valence-corrected chi connectivity index (χ0v) is 20.9. The van der Waals surface area contributed by atoms with Crippen LogP contribution in [0.15, 0.2) is 54.0 Å². The van der Waals surface area contributed by atoms with Gasteiger partial charge in [-0.05, 0) is 18.1 Å². The van der Waals surface area contributed by atoms with Crippen molar-refractivity contribution in [1.82, 2.24) is 29.5 Å². The number of benzene rings is 1. The number of amides is 1. The monoisotopic (exact) mass is 548 g/mol. The molecule has 1 aliphatic rings. The third kappa shape index (κ3) is 5.47. The normalized spacial score (nSPS) is 14.5. The summed E-state index contributed by atoms with van der Waals surface area (Å²) in [4.78, 5) is 25.1. The van der Waals surface area contributed by atoms with Crippen molar-refractivity contribution >= 4 is 41.5 Å². The molecule has 1 fully saturated rings. The van der Waals surface area contributed by atoms with E-state index >= 15 is 0 Å². The van der Waals surface area contributed by atoms with E-state index in [1.165, 1.54) is 5.56 Å². The molecule has 4 rings (SSSR count). The Morgan fingerprint density at radius 2 is 2.06 bits per heavy atom. The number of hydrogen-bond donors (Lipinski definition) is 1. The molecule has 0 atom stereocenters. The quantitative estimate of drug-likeness (QED) is 0.300. The van der Waals surface area contributed by atoms with Gasteiger partial charge in [0.15, 0.2) is 5.96 Å². The van der Waals surface area contributed by atoms with Crippen LogP contribution in [0.4, 0.5) is 5.69 Å². The average Bonchev–Trinajstić information content (AvgIpc) is 3.37. The van der Waals surface area contributed by atoms with Crippen molar-refractivity contribution in [2.75, 3.05) is 31.6 Å². The SMILES string of the molecule is CN=C(NCc1cccc(Cn2ccnc2C)c1)N1CCN(c2cnn(C)c2)C(=O)C1.I. The number of imidazole rings is 1. The number of aryl methyl sites for hydroxylation is 2. The number of carbonyl (C=O) groups excluding carboxylic acids is 1. The van der Waals surface area contributed by atoms with Gasteiger partial charge >= 0.3 is 0 Å². The Balaban J connectivity index is 0.00000289. The number of rotatable bonds is 5. The minimum absolute atomic E-state index is 0. The maximum Gasteiger partial charge on any atom is 0.246 e. The summed E-state index contributed by atoms with van der Waals surface area (Å²) < 4.78 is 3.83. The summed E-state index contributed by atoms with van der Waals surface area (Å²) in [5, 5.41) is 7.56. The molecule has 1 aliphatic heterocycles. The van der Waals surface area contributed by atoms with Crippen molar-refractivity contribution in [1.29, 1.82) is 0 Å². The number of halogens is 1. The first kappa shape index (κ1) is 23.8. The lowest BCUT2D eigenvalue weighted by atomic mass is 10.1. The lowest BCUT2D eigenvalue weighted by Crippen LogP contribution is -2.55. The Bertz CT molecular complexity index is 1090. The highest BCUT2D eigenvalue weighted by Gasteiger charge is 2.27. The number of carbonyl (C=O) groups is 1. The maximum absolute atomic E-state index is 12.7. The number of aliphatic imine (C=N–C) groups is 1. The number of anilines is 1. The first-order valence-corrected chi connectivity index (χ1v) is 10.3. The van der Waals surface area contributed by atoms with E-state index < -0.39 is 0 Å². The van der Waals surface area contributed by atoms with Gasteiger partial charge in [0.2, 0.25) is 5.91 Å². The van der Waals surface area contributed by atoms with Crippen LogP contribution >= 0.6 is 24.0 Å². The standard InChI is InChI=1S/C22H28N8O.HI/c1-17-24-7-8-28(17)14-19-6-4-5-18(11-19)12-25-22(23-2)29-9-10-30(21(31)16-29)20-13-26-27(3)15-20;/h4-8,11,13,15H,9-10,12,14,16H2,1-3H3,(H,23,25);1H. The van der Waals surface area contributed by atoms with Crippen molar-refractivity contribution in [3.8, 4) is 0 Å². The van der Waals surface area contributed by atoms with Crippen molar-refractivity contribution in [2.45, 2.75) is 20.0 Å². The number of aromatic nitrogens is 4. The Morgan fingerprint density at radius 3 is 2.72 bits per heavy atom. The molecule has 0 aliphatic carbocycles. The first-order valence-electron chi connectivity index (χ1n) is 10.3. The minimum Gasteiger partial charge on any atom is -0.352 e. The van der Waals surface area contributed by atoms with E-state index in [9.17, 15) is 4.79 Å². The predicted molar refractivity (Wildman–Crippen MR) is 135 cm³/mol. The third-order valence-electron chi connectivity index (χ3n) is 5.45. The van der Waals surface area contributed by atoms with Crippen molar-refractivity contribution < 1.29 is 4.79 Å². The number of guanidine groups is 1.